The average Bonchev–Trinajstić information content (AvgIpc) is 3.05. The number of tetrazole rings is 1. The van der Waals surface area contributed by atoms with Gasteiger partial charge in [0, 0.05) is 0 Å². The van der Waals surface area contributed by atoms with E-state index >= 15 is 0 Å². The molecule has 3 rings (SSSR count). The molecule has 1 amide bonds. The summed E-state index contributed by atoms with van der Waals surface area (Å²) in [6, 6.07) is 9.73. The van der Waals surface area contributed by atoms with Crippen LogP contribution in [0.2, 0.25) is 5.02 Å². The number of hydrogen-bond acceptors (Lipinski definition) is 5. The zero-order valence-corrected chi connectivity index (χ0v) is 16.5. The van der Waals surface area contributed by atoms with Gasteiger partial charge < -0.3 is 5.32 Å². The maximum Gasteiger partial charge on any atom is 0.237 e. The third-order valence-electron chi connectivity index (χ3n) is 3.93. The average molecular weight is 406 g/mol. The third kappa shape index (κ3) is 4.28. The van der Waals surface area contributed by atoms with Crippen LogP contribution < -0.4 is 5.32 Å². The fourth-order valence-electron chi connectivity index (χ4n) is 2.57. The molecule has 1 atom stereocenters. The van der Waals surface area contributed by atoms with Gasteiger partial charge in [-0.3, -0.25) is 4.79 Å². The first-order valence-corrected chi connectivity index (χ1v) is 9.40. The molecule has 1 heterocycles. The zero-order chi connectivity index (χ0) is 19.6. The van der Waals surface area contributed by atoms with Gasteiger partial charge in [-0.1, -0.05) is 41.6 Å². The molecule has 0 aliphatic rings. The number of halogens is 2. The summed E-state index contributed by atoms with van der Waals surface area (Å²) in [6.07, 6.45) is 0. The highest BCUT2D eigenvalue weighted by molar-refractivity contribution is 8.00. The summed E-state index contributed by atoms with van der Waals surface area (Å²) >= 11 is 7.19. The van der Waals surface area contributed by atoms with Crippen LogP contribution in [0.4, 0.5) is 10.1 Å². The molecule has 27 heavy (non-hydrogen) atoms. The lowest BCUT2D eigenvalue weighted by Gasteiger charge is -2.14. The number of thioether (sulfide) groups is 1. The molecular formula is C18H17ClFN5OS. The van der Waals surface area contributed by atoms with Gasteiger partial charge in [-0.05, 0) is 60.5 Å². The first kappa shape index (κ1) is 19.3. The molecule has 0 aliphatic heterocycles. The predicted octanol–water partition coefficient (Wildman–Crippen LogP) is 4.19. The molecule has 1 aromatic heterocycles. The Hall–Kier alpha value is -2.45. The monoisotopic (exact) mass is 405 g/mol. The van der Waals surface area contributed by atoms with Crippen LogP contribution in [0.3, 0.4) is 0 Å². The molecule has 1 N–H and O–H groups in total. The number of nitrogens with zero attached hydrogens (tertiary/aromatic N) is 4. The van der Waals surface area contributed by atoms with Gasteiger partial charge in [-0.25, -0.2) is 4.39 Å². The summed E-state index contributed by atoms with van der Waals surface area (Å²) in [4.78, 5) is 12.5. The van der Waals surface area contributed by atoms with Crippen molar-refractivity contribution >= 4 is 35.0 Å². The highest BCUT2D eigenvalue weighted by Gasteiger charge is 2.21. The van der Waals surface area contributed by atoms with Crippen LogP contribution in [-0.2, 0) is 4.79 Å². The molecule has 0 fully saturated rings. The molecule has 140 valence electrons. The fraction of sp³-hybridized carbons (Fsp3) is 0.222. The lowest BCUT2D eigenvalue weighted by Crippen LogP contribution is -2.23. The van der Waals surface area contributed by atoms with Gasteiger partial charge >= 0.3 is 0 Å². The van der Waals surface area contributed by atoms with Gasteiger partial charge in [0.1, 0.15) is 5.82 Å². The number of benzene rings is 2. The Bertz CT molecular complexity index is 973. The largest absolute Gasteiger partial charge is 0.324 e. The summed E-state index contributed by atoms with van der Waals surface area (Å²) in [6.45, 7) is 5.69. The number of anilines is 1. The lowest BCUT2D eigenvalue weighted by molar-refractivity contribution is -0.115. The van der Waals surface area contributed by atoms with Gasteiger partial charge in [0.25, 0.3) is 0 Å². The normalized spacial score (nSPS) is 12.0. The second-order valence-corrected chi connectivity index (χ2v) is 7.70. The Morgan fingerprint density at radius 2 is 1.96 bits per heavy atom. The van der Waals surface area contributed by atoms with Crippen molar-refractivity contribution in [3.8, 4) is 5.69 Å². The van der Waals surface area contributed by atoms with Crippen LogP contribution in [-0.4, -0.2) is 31.4 Å². The van der Waals surface area contributed by atoms with Gasteiger partial charge in [-0.2, -0.15) is 4.68 Å². The van der Waals surface area contributed by atoms with Crippen molar-refractivity contribution in [3.63, 3.8) is 0 Å². The molecule has 0 radical (unpaired) electrons. The van der Waals surface area contributed by atoms with Crippen molar-refractivity contribution in [2.45, 2.75) is 31.2 Å². The molecule has 0 aliphatic carbocycles. The van der Waals surface area contributed by atoms with Crippen molar-refractivity contribution in [3.05, 3.63) is 58.4 Å². The number of aromatic nitrogens is 4. The smallest absolute Gasteiger partial charge is 0.237 e. The molecule has 0 unspecified atom stereocenters. The molecule has 6 nitrogen and oxygen atoms in total. The van der Waals surface area contributed by atoms with E-state index in [1.54, 1.807) is 11.6 Å². The number of aryl methyl sites for hydroxylation is 2. The van der Waals surface area contributed by atoms with Crippen LogP contribution in [0.25, 0.3) is 5.69 Å². The summed E-state index contributed by atoms with van der Waals surface area (Å²) < 4.78 is 14.8. The number of carbonyl (C=O) groups excluding carboxylic acids is 1. The Morgan fingerprint density at radius 3 is 2.63 bits per heavy atom. The second-order valence-electron chi connectivity index (χ2n) is 5.99. The number of nitrogens with one attached hydrogen (secondary N) is 1. The molecule has 0 saturated heterocycles. The van der Waals surface area contributed by atoms with Crippen molar-refractivity contribution in [2.24, 2.45) is 0 Å². The van der Waals surface area contributed by atoms with Crippen LogP contribution in [0, 0.1) is 19.7 Å². The molecule has 2 aromatic carbocycles. The molecule has 0 bridgehead atoms. The van der Waals surface area contributed by atoms with Crippen molar-refractivity contribution < 1.29 is 9.18 Å². The van der Waals surface area contributed by atoms with E-state index in [0.29, 0.717) is 10.8 Å². The number of amides is 1. The Labute approximate surface area is 165 Å². The first-order chi connectivity index (χ1) is 12.9. The van der Waals surface area contributed by atoms with E-state index in [9.17, 15) is 9.18 Å². The van der Waals surface area contributed by atoms with Crippen LogP contribution in [0.15, 0.2) is 41.6 Å². The summed E-state index contributed by atoms with van der Waals surface area (Å²) in [5.41, 5.74) is 3.29. The van der Waals surface area contributed by atoms with E-state index in [1.807, 2.05) is 32.0 Å². The Balaban J connectivity index is 1.78. The van der Waals surface area contributed by atoms with Gasteiger partial charge in [-0.15, -0.1) is 5.10 Å². The van der Waals surface area contributed by atoms with Crippen molar-refractivity contribution in [1.29, 1.82) is 0 Å². The molecule has 0 spiro atoms. The zero-order valence-electron chi connectivity index (χ0n) is 14.9. The third-order valence-corrected chi connectivity index (χ3v) is 5.28. The summed E-state index contributed by atoms with van der Waals surface area (Å²) in [5.74, 6) is -0.752. The van der Waals surface area contributed by atoms with E-state index in [0.717, 1.165) is 22.9 Å². The van der Waals surface area contributed by atoms with E-state index < -0.39 is 11.1 Å². The number of carbonyl (C=O) groups is 1. The van der Waals surface area contributed by atoms with Crippen molar-refractivity contribution in [1.82, 2.24) is 20.2 Å². The van der Waals surface area contributed by atoms with E-state index in [1.165, 1.54) is 23.9 Å². The number of hydrogen-bond donors (Lipinski definition) is 1. The van der Waals surface area contributed by atoms with Crippen LogP contribution >= 0.6 is 23.4 Å². The summed E-state index contributed by atoms with van der Waals surface area (Å²) in [7, 11) is 0. The van der Waals surface area contributed by atoms with Crippen LogP contribution in [0.1, 0.15) is 18.1 Å². The Morgan fingerprint density at radius 1 is 1.26 bits per heavy atom. The lowest BCUT2D eigenvalue weighted by atomic mass is 10.1. The molecule has 0 saturated carbocycles. The quantitative estimate of drug-likeness (QED) is 0.644. The van der Waals surface area contributed by atoms with Gasteiger partial charge in [0.05, 0.1) is 21.6 Å². The molecular weight excluding hydrogens is 389 g/mol. The minimum atomic E-state index is -0.500. The predicted molar refractivity (Wildman–Crippen MR) is 104 cm³/mol. The highest BCUT2D eigenvalue weighted by Crippen LogP contribution is 2.28. The van der Waals surface area contributed by atoms with Gasteiger partial charge in [0.2, 0.25) is 11.1 Å². The molecule has 9 heteroatoms. The SMILES string of the molecule is Cc1cccc(C)c1-n1nnnc1S[C@H](C)C(=O)Nc1ccc(F)cc1Cl. The fourth-order valence-corrected chi connectivity index (χ4v) is 3.58. The minimum absolute atomic E-state index is 0.140. The maximum atomic E-state index is 13.1. The van der Waals surface area contributed by atoms with E-state index in [2.05, 4.69) is 20.8 Å². The summed E-state index contributed by atoms with van der Waals surface area (Å²) in [5, 5.41) is 14.7. The number of para-hydroxylation sites is 1. The standard InChI is InChI=1S/C18H17ClFN5OS/c1-10-5-4-6-11(2)16(10)25-18(22-23-24-25)27-12(3)17(26)21-15-8-7-13(20)9-14(15)19/h4-9,12H,1-3H3,(H,21,26)/t12-/m1/s1. The minimum Gasteiger partial charge on any atom is -0.324 e. The van der Waals surface area contributed by atoms with Gasteiger partial charge in [0.15, 0.2) is 0 Å². The van der Waals surface area contributed by atoms with Crippen LogP contribution in [0.5, 0.6) is 0 Å². The van der Waals surface area contributed by atoms with Crippen molar-refractivity contribution in [2.75, 3.05) is 5.32 Å². The maximum absolute atomic E-state index is 13.1. The Kier molecular flexibility index (Phi) is 5.76. The molecule has 3 aromatic rings. The second kappa shape index (κ2) is 8.06. The first-order valence-electron chi connectivity index (χ1n) is 8.14. The topological polar surface area (TPSA) is 72.7 Å². The highest BCUT2D eigenvalue weighted by atomic mass is 35.5. The van der Waals surface area contributed by atoms with E-state index in [-0.39, 0.29) is 10.9 Å². The van der Waals surface area contributed by atoms with E-state index in [4.69, 9.17) is 11.6 Å². The number of rotatable bonds is 5.